The molecule has 22 heavy (non-hydrogen) atoms. The van der Waals surface area contributed by atoms with E-state index in [0.29, 0.717) is 29.0 Å². The van der Waals surface area contributed by atoms with Gasteiger partial charge in [0, 0.05) is 30.3 Å². The molecule has 3 rings (SSSR count). The van der Waals surface area contributed by atoms with Gasteiger partial charge in [-0.25, -0.2) is 4.39 Å². The van der Waals surface area contributed by atoms with E-state index in [1.807, 2.05) is 0 Å². The molecular formula is C15H12F4N2O. The van der Waals surface area contributed by atoms with Gasteiger partial charge in [-0.2, -0.15) is 13.2 Å². The summed E-state index contributed by atoms with van der Waals surface area (Å²) in [6, 6.07) is 4.89. The second-order valence-electron chi connectivity index (χ2n) is 5.01. The molecule has 2 aromatic rings. The van der Waals surface area contributed by atoms with Crippen LogP contribution in [0.1, 0.15) is 11.1 Å². The zero-order valence-corrected chi connectivity index (χ0v) is 11.3. The van der Waals surface area contributed by atoms with Crippen molar-refractivity contribution < 1.29 is 22.3 Å². The molecule has 0 radical (unpaired) electrons. The minimum atomic E-state index is -4.45. The fraction of sp³-hybridized carbons (Fsp3) is 0.267. The van der Waals surface area contributed by atoms with Crippen molar-refractivity contribution in [3.05, 3.63) is 47.4 Å². The van der Waals surface area contributed by atoms with Crippen LogP contribution >= 0.6 is 0 Å². The van der Waals surface area contributed by atoms with Crippen molar-refractivity contribution in [2.45, 2.75) is 18.7 Å². The van der Waals surface area contributed by atoms with Crippen LogP contribution in [-0.2, 0) is 12.6 Å². The fourth-order valence-electron chi connectivity index (χ4n) is 2.42. The number of hydrogen-bond acceptors (Lipinski definition) is 3. The summed E-state index contributed by atoms with van der Waals surface area (Å²) < 4.78 is 57.1. The Labute approximate surface area is 123 Å². The molecule has 0 aliphatic carbocycles. The molecule has 1 aliphatic rings. The summed E-state index contributed by atoms with van der Waals surface area (Å²) in [5.74, 6) is -0.107. The summed E-state index contributed by atoms with van der Waals surface area (Å²) in [7, 11) is 0. The highest BCUT2D eigenvalue weighted by Crippen LogP contribution is 2.40. The van der Waals surface area contributed by atoms with Gasteiger partial charge < -0.3 is 10.5 Å². The summed E-state index contributed by atoms with van der Waals surface area (Å²) in [6.07, 6.45) is -3.69. The van der Waals surface area contributed by atoms with Crippen molar-refractivity contribution in [3.63, 3.8) is 0 Å². The van der Waals surface area contributed by atoms with Gasteiger partial charge in [0.2, 0.25) is 0 Å². The molecule has 3 nitrogen and oxygen atoms in total. The first kappa shape index (κ1) is 14.8. The van der Waals surface area contributed by atoms with E-state index in [0.717, 1.165) is 12.3 Å². The van der Waals surface area contributed by atoms with Crippen LogP contribution < -0.4 is 10.5 Å². The summed E-state index contributed by atoms with van der Waals surface area (Å²) in [4.78, 5) is 3.82. The number of ether oxygens (including phenoxy) is 1. The Morgan fingerprint density at radius 3 is 2.59 bits per heavy atom. The number of aromatic nitrogens is 1. The molecule has 0 bridgehead atoms. The Balaban J connectivity index is 2.02. The van der Waals surface area contributed by atoms with Crippen molar-refractivity contribution in [3.8, 4) is 17.0 Å². The summed E-state index contributed by atoms with van der Waals surface area (Å²) in [5, 5.41) is 0. The molecule has 0 saturated carbocycles. The van der Waals surface area contributed by atoms with Gasteiger partial charge in [0.15, 0.2) is 0 Å². The molecule has 1 aromatic heterocycles. The average molecular weight is 312 g/mol. The van der Waals surface area contributed by atoms with Crippen LogP contribution in [0.25, 0.3) is 11.3 Å². The third-order valence-corrected chi connectivity index (χ3v) is 3.55. The third-order valence-electron chi connectivity index (χ3n) is 3.55. The van der Waals surface area contributed by atoms with Gasteiger partial charge in [0.05, 0.1) is 11.3 Å². The number of halogens is 4. The topological polar surface area (TPSA) is 48.1 Å². The number of pyridine rings is 1. The predicted octanol–water partition coefficient (Wildman–Crippen LogP) is 3.17. The maximum Gasteiger partial charge on any atom is 0.417 e. The zero-order valence-electron chi connectivity index (χ0n) is 11.3. The fourth-order valence-corrected chi connectivity index (χ4v) is 2.42. The number of hydrogen-bond donors (Lipinski definition) is 1. The first-order chi connectivity index (χ1) is 10.4. The monoisotopic (exact) mass is 312 g/mol. The van der Waals surface area contributed by atoms with E-state index in [1.54, 1.807) is 0 Å². The maximum atomic E-state index is 13.8. The first-order valence-electron chi connectivity index (χ1n) is 6.62. The highest BCUT2D eigenvalue weighted by Gasteiger charge is 2.32. The lowest BCUT2D eigenvalue weighted by atomic mass is 10.0. The molecular weight excluding hydrogens is 300 g/mol. The lowest BCUT2D eigenvalue weighted by Crippen LogP contribution is -2.24. The second kappa shape index (κ2) is 5.24. The zero-order chi connectivity index (χ0) is 15.9. The summed E-state index contributed by atoms with van der Waals surface area (Å²) in [6.45, 7) is 0.230. The number of nitrogens with two attached hydrogens (primary N) is 1. The van der Waals surface area contributed by atoms with E-state index in [9.17, 15) is 17.6 Å². The van der Waals surface area contributed by atoms with E-state index < -0.39 is 17.6 Å². The highest BCUT2D eigenvalue weighted by atomic mass is 19.4. The van der Waals surface area contributed by atoms with E-state index in [4.69, 9.17) is 10.5 Å². The van der Waals surface area contributed by atoms with Crippen molar-refractivity contribution in [1.82, 2.24) is 4.98 Å². The van der Waals surface area contributed by atoms with Crippen molar-refractivity contribution in [2.24, 2.45) is 5.73 Å². The number of alkyl halides is 3. The second-order valence-corrected chi connectivity index (χ2v) is 5.01. The number of nitrogens with zero attached hydrogens (tertiary/aromatic N) is 1. The van der Waals surface area contributed by atoms with Gasteiger partial charge in [-0.1, -0.05) is 0 Å². The molecule has 2 heterocycles. The number of fused-ring (bicyclic) bond motifs is 1. The van der Waals surface area contributed by atoms with E-state index in [-0.39, 0.29) is 12.6 Å². The minimum Gasteiger partial charge on any atom is -0.488 e. The van der Waals surface area contributed by atoms with Crippen LogP contribution in [0.3, 0.4) is 0 Å². The van der Waals surface area contributed by atoms with E-state index >= 15 is 0 Å². The molecule has 0 unspecified atom stereocenters. The van der Waals surface area contributed by atoms with Gasteiger partial charge in [0.1, 0.15) is 17.7 Å². The molecule has 2 N–H and O–H groups in total. The van der Waals surface area contributed by atoms with E-state index in [1.165, 1.54) is 18.2 Å². The van der Waals surface area contributed by atoms with Crippen molar-refractivity contribution >= 4 is 0 Å². The molecule has 1 aliphatic heterocycles. The lowest BCUT2D eigenvalue weighted by molar-refractivity contribution is -0.137. The third kappa shape index (κ3) is 2.52. The average Bonchev–Trinajstić information content (AvgIpc) is 2.92. The summed E-state index contributed by atoms with van der Waals surface area (Å²) in [5.41, 5.74) is 5.83. The minimum absolute atomic E-state index is 0.230. The first-order valence-corrected chi connectivity index (χ1v) is 6.62. The standard InChI is InChI=1S/C15H12F4N2O/c16-12-3-2-10(14-11(12)5-9(6-20)22-14)13-4-1-8(7-21-13)15(17,18)19/h1-4,7,9H,5-6,20H2/t9-/m0/s1. The van der Waals surface area contributed by atoms with Crippen LogP contribution in [0.5, 0.6) is 5.75 Å². The molecule has 0 spiro atoms. The summed E-state index contributed by atoms with van der Waals surface area (Å²) >= 11 is 0. The molecule has 0 saturated heterocycles. The van der Waals surface area contributed by atoms with Gasteiger partial charge in [-0.15, -0.1) is 0 Å². The number of benzene rings is 1. The van der Waals surface area contributed by atoms with Crippen LogP contribution in [0.4, 0.5) is 17.6 Å². The smallest absolute Gasteiger partial charge is 0.417 e. The Morgan fingerprint density at radius 2 is 2.00 bits per heavy atom. The van der Waals surface area contributed by atoms with Crippen molar-refractivity contribution in [2.75, 3.05) is 6.54 Å². The largest absolute Gasteiger partial charge is 0.488 e. The van der Waals surface area contributed by atoms with Crippen LogP contribution in [0, 0.1) is 5.82 Å². The van der Waals surface area contributed by atoms with Crippen LogP contribution in [0.15, 0.2) is 30.5 Å². The van der Waals surface area contributed by atoms with Crippen molar-refractivity contribution in [1.29, 1.82) is 0 Å². The Morgan fingerprint density at radius 1 is 1.23 bits per heavy atom. The molecule has 116 valence electrons. The van der Waals surface area contributed by atoms with Gasteiger partial charge >= 0.3 is 6.18 Å². The van der Waals surface area contributed by atoms with E-state index in [2.05, 4.69) is 4.98 Å². The molecule has 1 aromatic carbocycles. The quantitative estimate of drug-likeness (QED) is 0.867. The SMILES string of the molecule is NC[C@@H]1Cc2c(F)ccc(-c3ccc(C(F)(F)F)cn3)c2O1. The van der Waals surface area contributed by atoms with Crippen LogP contribution in [0.2, 0.25) is 0 Å². The molecule has 0 amide bonds. The molecule has 7 heteroatoms. The lowest BCUT2D eigenvalue weighted by Gasteiger charge is -2.11. The predicted molar refractivity (Wildman–Crippen MR) is 71.8 cm³/mol. The Kier molecular flexibility index (Phi) is 3.52. The van der Waals surface area contributed by atoms with Crippen LogP contribution in [-0.4, -0.2) is 17.6 Å². The normalized spacial score (nSPS) is 17.2. The van der Waals surface area contributed by atoms with Gasteiger partial charge in [-0.05, 0) is 24.3 Å². The Hall–Kier alpha value is -2.15. The maximum absolute atomic E-state index is 13.8. The highest BCUT2D eigenvalue weighted by molar-refractivity contribution is 5.70. The molecule has 0 fully saturated rings. The van der Waals surface area contributed by atoms with Gasteiger partial charge in [0.25, 0.3) is 0 Å². The van der Waals surface area contributed by atoms with Gasteiger partial charge in [-0.3, -0.25) is 4.98 Å². The number of rotatable bonds is 2. The molecule has 1 atom stereocenters. The Bertz CT molecular complexity index is 698.